The Bertz CT molecular complexity index is 1220. The van der Waals surface area contributed by atoms with Crippen molar-refractivity contribution >= 4 is 5.91 Å². The molecule has 3 fully saturated rings. The largest absolute Gasteiger partial charge is 0.496 e. The number of carbonyl (C=O) groups is 1. The minimum absolute atomic E-state index is 0.213. The number of nitrogens with one attached hydrogen (secondary N) is 1. The first-order valence-electron chi connectivity index (χ1n) is 17.3. The maximum atomic E-state index is 13.6. The molecule has 7 nitrogen and oxygen atoms in total. The molecule has 1 aliphatic carbocycles. The molecule has 3 unspecified atom stereocenters. The summed E-state index contributed by atoms with van der Waals surface area (Å²) in [6.07, 6.45) is 15.4. The van der Waals surface area contributed by atoms with Crippen molar-refractivity contribution < 1.29 is 28.1 Å². The topological polar surface area (TPSA) is 69.3 Å². The second-order valence-electron chi connectivity index (χ2n) is 13.1. The van der Waals surface area contributed by atoms with Gasteiger partial charge < -0.3 is 29.2 Å². The van der Waals surface area contributed by atoms with Crippen molar-refractivity contribution in [3.05, 3.63) is 53.3 Å². The highest BCUT2D eigenvalue weighted by Crippen LogP contribution is 2.37. The third-order valence-electron chi connectivity index (χ3n) is 9.80. The highest BCUT2D eigenvalue weighted by atomic mass is 19.1. The predicted molar refractivity (Wildman–Crippen MR) is 175 cm³/mol. The first-order valence-corrected chi connectivity index (χ1v) is 17.3. The Balaban J connectivity index is 0.910. The molecule has 5 rings (SSSR count). The van der Waals surface area contributed by atoms with Crippen LogP contribution in [0.4, 0.5) is 4.39 Å². The van der Waals surface area contributed by atoms with Gasteiger partial charge >= 0.3 is 0 Å². The molecule has 0 bridgehead atoms. The molecule has 248 valence electrons. The lowest BCUT2D eigenvalue weighted by atomic mass is 9.98. The molecule has 3 aliphatic rings. The van der Waals surface area contributed by atoms with Crippen LogP contribution in [0.3, 0.4) is 0 Å². The second kappa shape index (κ2) is 17.2. The Kier molecular flexibility index (Phi) is 12.8. The Morgan fingerprint density at radius 1 is 0.867 bits per heavy atom. The summed E-state index contributed by atoms with van der Waals surface area (Å²) in [6.45, 7) is 3.59. The molecule has 45 heavy (non-hydrogen) atoms. The number of methoxy groups -OCH3 is 2. The number of carbonyl (C=O) groups excluding carboxylic acids is 1. The quantitative estimate of drug-likeness (QED) is 0.177. The van der Waals surface area contributed by atoms with Crippen molar-refractivity contribution in [2.75, 3.05) is 40.4 Å². The molecule has 1 N–H and O–H groups in total. The molecular weight excluding hydrogens is 571 g/mol. The fourth-order valence-electron chi connectivity index (χ4n) is 7.22. The van der Waals surface area contributed by atoms with E-state index in [1.807, 2.05) is 11.0 Å². The van der Waals surface area contributed by atoms with Gasteiger partial charge in [0.05, 0.1) is 32.5 Å². The molecule has 1 amide bonds. The van der Waals surface area contributed by atoms with E-state index in [0.29, 0.717) is 18.6 Å². The molecular formula is C37H53FN2O5. The third kappa shape index (κ3) is 9.82. The van der Waals surface area contributed by atoms with E-state index in [-0.39, 0.29) is 23.7 Å². The number of amides is 1. The monoisotopic (exact) mass is 624 g/mol. The van der Waals surface area contributed by atoms with Crippen LogP contribution in [0.2, 0.25) is 0 Å². The first-order chi connectivity index (χ1) is 22.0. The molecule has 2 aromatic carbocycles. The number of benzene rings is 2. The minimum atomic E-state index is -0.213. The lowest BCUT2D eigenvalue weighted by Gasteiger charge is -2.19. The minimum Gasteiger partial charge on any atom is -0.496 e. The number of nitrogens with zero attached hydrogens (tertiary/aromatic N) is 1. The average molecular weight is 625 g/mol. The third-order valence-corrected chi connectivity index (χ3v) is 9.80. The van der Waals surface area contributed by atoms with Gasteiger partial charge in [-0.3, -0.25) is 4.79 Å². The molecule has 1 saturated carbocycles. The molecule has 2 saturated heterocycles. The number of rotatable bonds is 18. The van der Waals surface area contributed by atoms with Crippen molar-refractivity contribution in [1.29, 1.82) is 0 Å². The Labute approximate surface area is 269 Å². The summed E-state index contributed by atoms with van der Waals surface area (Å²) in [6, 6.07) is 10.9. The Morgan fingerprint density at radius 3 is 2.44 bits per heavy atom. The number of halogens is 1. The number of unbranched alkanes of at least 4 members (excludes halogenated alkanes) is 2. The number of likely N-dealkylation sites (tertiary alicyclic amines) is 1. The van der Waals surface area contributed by atoms with Gasteiger partial charge in [0.1, 0.15) is 11.6 Å². The van der Waals surface area contributed by atoms with Gasteiger partial charge in [0.25, 0.3) is 0 Å². The van der Waals surface area contributed by atoms with Crippen LogP contribution in [-0.2, 0) is 16.0 Å². The van der Waals surface area contributed by atoms with Gasteiger partial charge in [-0.05, 0) is 132 Å². The molecule has 2 aliphatic heterocycles. The summed E-state index contributed by atoms with van der Waals surface area (Å²) in [5.74, 6) is 2.61. The normalized spacial score (nSPS) is 22.0. The van der Waals surface area contributed by atoms with Crippen molar-refractivity contribution in [2.45, 2.75) is 114 Å². The Hall–Kier alpha value is -2.84. The number of hydrogen-bond donors (Lipinski definition) is 1. The molecule has 3 atom stereocenters. The summed E-state index contributed by atoms with van der Waals surface area (Å²) in [4.78, 5) is 14.8. The lowest BCUT2D eigenvalue weighted by molar-refractivity contribution is -0.127. The number of hydrogen-bond acceptors (Lipinski definition) is 6. The molecule has 8 heteroatoms. The van der Waals surface area contributed by atoms with Crippen molar-refractivity contribution in [2.24, 2.45) is 0 Å². The van der Waals surface area contributed by atoms with Gasteiger partial charge in [0.2, 0.25) is 5.91 Å². The van der Waals surface area contributed by atoms with E-state index in [0.717, 1.165) is 120 Å². The van der Waals surface area contributed by atoms with Crippen molar-refractivity contribution in [3.63, 3.8) is 0 Å². The predicted octanol–water partition coefficient (Wildman–Crippen LogP) is 7.20. The van der Waals surface area contributed by atoms with E-state index < -0.39 is 0 Å². The maximum absolute atomic E-state index is 13.6. The standard InChI is InChI=1S/C37H53FN2O5/c1-42-34-18-14-30(38)23-28(34)9-8-12-32-15-16-33(44-32)19-21-39-20-6-3-7-22-40-26-29(25-37(40)41)27-13-17-35(43-2)36(24-27)45-31-10-4-5-11-31/h13-14,17-18,23-24,29,31-33,39H,3-12,15-16,19-22,25-26H2,1-2H3. The average Bonchev–Trinajstić information content (AvgIpc) is 3.81. The molecule has 0 radical (unpaired) electrons. The van der Waals surface area contributed by atoms with Crippen LogP contribution in [0.25, 0.3) is 0 Å². The molecule has 2 aromatic rings. The SMILES string of the molecule is COc1ccc(F)cc1CCCC1CCC(CCNCCCCCN2CC(c3ccc(OC)c(OC4CCCC4)c3)CC2=O)O1. The van der Waals surface area contributed by atoms with Crippen LogP contribution in [0.1, 0.15) is 101 Å². The van der Waals surface area contributed by atoms with E-state index in [9.17, 15) is 9.18 Å². The summed E-state index contributed by atoms with van der Waals surface area (Å²) in [5.41, 5.74) is 2.10. The summed E-state index contributed by atoms with van der Waals surface area (Å²) < 4.78 is 37.1. The van der Waals surface area contributed by atoms with E-state index in [2.05, 4.69) is 17.4 Å². The zero-order valence-electron chi connectivity index (χ0n) is 27.4. The highest BCUT2D eigenvalue weighted by molar-refractivity contribution is 5.79. The van der Waals surface area contributed by atoms with Crippen LogP contribution < -0.4 is 19.5 Å². The maximum Gasteiger partial charge on any atom is 0.223 e. The summed E-state index contributed by atoms with van der Waals surface area (Å²) in [7, 11) is 3.32. The fourth-order valence-corrected chi connectivity index (χ4v) is 7.22. The van der Waals surface area contributed by atoms with E-state index in [1.54, 1.807) is 26.4 Å². The smallest absolute Gasteiger partial charge is 0.223 e. The fraction of sp³-hybridized carbons (Fsp3) is 0.649. The molecule has 0 aromatic heterocycles. The van der Waals surface area contributed by atoms with Crippen LogP contribution in [-0.4, -0.2) is 69.5 Å². The van der Waals surface area contributed by atoms with Crippen LogP contribution in [0, 0.1) is 5.82 Å². The summed E-state index contributed by atoms with van der Waals surface area (Å²) >= 11 is 0. The number of ether oxygens (including phenoxy) is 4. The van der Waals surface area contributed by atoms with Gasteiger partial charge in [-0.2, -0.15) is 0 Å². The van der Waals surface area contributed by atoms with E-state index in [1.165, 1.54) is 24.5 Å². The van der Waals surface area contributed by atoms with Crippen LogP contribution in [0.5, 0.6) is 17.2 Å². The molecule has 0 spiro atoms. The van der Waals surface area contributed by atoms with Gasteiger partial charge in [0, 0.05) is 25.4 Å². The van der Waals surface area contributed by atoms with E-state index in [4.69, 9.17) is 18.9 Å². The van der Waals surface area contributed by atoms with Crippen LogP contribution in [0.15, 0.2) is 36.4 Å². The van der Waals surface area contributed by atoms with Crippen LogP contribution >= 0.6 is 0 Å². The highest BCUT2D eigenvalue weighted by Gasteiger charge is 2.31. The van der Waals surface area contributed by atoms with Gasteiger partial charge in [0.15, 0.2) is 11.5 Å². The van der Waals surface area contributed by atoms with Gasteiger partial charge in [-0.15, -0.1) is 0 Å². The van der Waals surface area contributed by atoms with Gasteiger partial charge in [-0.1, -0.05) is 12.5 Å². The Morgan fingerprint density at radius 2 is 1.64 bits per heavy atom. The number of aryl methyl sites for hydroxylation is 1. The van der Waals surface area contributed by atoms with Crippen molar-refractivity contribution in [3.8, 4) is 17.2 Å². The second-order valence-corrected chi connectivity index (χ2v) is 13.1. The van der Waals surface area contributed by atoms with E-state index >= 15 is 0 Å². The molecule has 2 heterocycles. The van der Waals surface area contributed by atoms with Crippen molar-refractivity contribution in [1.82, 2.24) is 10.2 Å². The van der Waals surface area contributed by atoms with Gasteiger partial charge in [-0.25, -0.2) is 4.39 Å². The summed E-state index contributed by atoms with van der Waals surface area (Å²) in [5, 5.41) is 3.58. The first kappa shape index (κ1) is 33.5. The zero-order chi connectivity index (χ0) is 31.4. The lowest BCUT2D eigenvalue weighted by Crippen LogP contribution is -2.26. The zero-order valence-corrected chi connectivity index (χ0v) is 27.4.